The summed E-state index contributed by atoms with van der Waals surface area (Å²) in [6.07, 6.45) is -2.43. The van der Waals surface area contributed by atoms with Crippen molar-refractivity contribution in [2.24, 2.45) is 5.41 Å². The molecule has 188 valence electrons. The first-order chi connectivity index (χ1) is 16.5. The highest BCUT2D eigenvalue weighted by molar-refractivity contribution is 5.92. The lowest BCUT2D eigenvalue weighted by molar-refractivity contribution is -0.137. The number of nitrogen functional groups attached to an aromatic ring is 1. The Hall–Kier alpha value is -3.27. The van der Waals surface area contributed by atoms with Crippen LogP contribution in [0.2, 0.25) is 0 Å². The molecule has 7 nitrogen and oxygen atoms in total. The largest absolute Gasteiger partial charge is 0.493 e. The number of alkyl halides is 3. The number of nitrogens with zero attached hydrogens (tertiary/aromatic N) is 2. The monoisotopic (exact) mass is 490 g/mol. The Bertz CT molecular complexity index is 1230. The fourth-order valence-electron chi connectivity index (χ4n) is 4.06. The van der Waals surface area contributed by atoms with Crippen molar-refractivity contribution in [3.63, 3.8) is 0 Å². The summed E-state index contributed by atoms with van der Waals surface area (Å²) in [5.74, 6) is 2.05. The van der Waals surface area contributed by atoms with Gasteiger partial charge in [-0.1, -0.05) is 0 Å². The van der Waals surface area contributed by atoms with E-state index in [0.29, 0.717) is 52.8 Å². The minimum absolute atomic E-state index is 0.0114. The van der Waals surface area contributed by atoms with Gasteiger partial charge in [-0.3, -0.25) is 0 Å². The number of nitrogens with two attached hydrogens (primary N) is 1. The maximum atomic E-state index is 13.3. The highest BCUT2D eigenvalue weighted by atomic mass is 19.4. The number of rotatable bonds is 9. The van der Waals surface area contributed by atoms with Gasteiger partial charge in [-0.2, -0.15) is 13.2 Å². The summed E-state index contributed by atoms with van der Waals surface area (Å²) in [6.45, 7) is 4.60. The van der Waals surface area contributed by atoms with Gasteiger partial charge in [0.2, 0.25) is 0 Å². The van der Waals surface area contributed by atoms with E-state index in [4.69, 9.17) is 19.9 Å². The third-order valence-electron chi connectivity index (χ3n) is 6.19. The van der Waals surface area contributed by atoms with Gasteiger partial charge in [0.05, 0.1) is 37.4 Å². The van der Waals surface area contributed by atoms with E-state index >= 15 is 0 Å². The zero-order valence-corrected chi connectivity index (χ0v) is 20.1. The topological polar surface area (TPSA) is 91.5 Å². The fraction of sp³-hybridized carbons (Fsp3) is 0.440. The third-order valence-corrected chi connectivity index (χ3v) is 6.19. The van der Waals surface area contributed by atoms with Crippen molar-refractivity contribution >= 4 is 22.4 Å². The molecule has 4 rings (SSSR count). The molecule has 0 radical (unpaired) electrons. The van der Waals surface area contributed by atoms with Crippen LogP contribution < -0.4 is 20.5 Å². The lowest BCUT2D eigenvalue weighted by atomic mass is 10.0. The van der Waals surface area contributed by atoms with Crippen LogP contribution in [-0.4, -0.2) is 37.4 Å². The number of halogens is 3. The first-order valence-corrected chi connectivity index (χ1v) is 11.3. The molecular formula is C25H29F3N4O3. The normalized spacial score (nSPS) is 15.6. The van der Waals surface area contributed by atoms with E-state index in [0.717, 1.165) is 25.0 Å². The van der Waals surface area contributed by atoms with E-state index < -0.39 is 17.8 Å². The number of hydrogen-bond donors (Lipinski definition) is 2. The van der Waals surface area contributed by atoms with Crippen molar-refractivity contribution in [3.05, 3.63) is 47.3 Å². The molecule has 3 aromatic rings. The molecule has 1 aromatic heterocycles. The van der Waals surface area contributed by atoms with Gasteiger partial charge in [0, 0.05) is 29.7 Å². The number of benzene rings is 2. The van der Waals surface area contributed by atoms with Crippen molar-refractivity contribution in [1.82, 2.24) is 9.97 Å². The molecule has 1 aliphatic carbocycles. The second-order valence-corrected chi connectivity index (χ2v) is 9.11. The maximum Gasteiger partial charge on any atom is 0.416 e. The van der Waals surface area contributed by atoms with Crippen molar-refractivity contribution in [2.75, 3.05) is 38.5 Å². The summed E-state index contributed by atoms with van der Waals surface area (Å²) in [4.78, 5) is 9.02. The molecule has 3 N–H and O–H groups in total. The van der Waals surface area contributed by atoms with Gasteiger partial charge in [0.15, 0.2) is 11.5 Å². The van der Waals surface area contributed by atoms with Crippen LogP contribution in [0.25, 0.3) is 10.9 Å². The number of aromatic nitrogens is 2. The maximum absolute atomic E-state index is 13.3. The van der Waals surface area contributed by atoms with Crippen LogP contribution in [0.5, 0.6) is 11.5 Å². The van der Waals surface area contributed by atoms with Gasteiger partial charge in [0.25, 0.3) is 0 Å². The SMILES string of the molecule is COCC1(COc2cc3c(NC(C)c4cc(N)cc(C(F)(F)F)c4)nc(C)nc3cc2OC)CC1. The Morgan fingerprint density at radius 2 is 1.80 bits per heavy atom. The Morgan fingerprint density at radius 1 is 1.06 bits per heavy atom. The summed E-state index contributed by atoms with van der Waals surface area (Å²) >= 11 is 0. The van der Waals surface area contributed by atoms with Gasteiger partial charge >= 0.3 is 6.18 Å². The average Bonchev–Trinajstić information content (AvgIpc) is 3.56. The molecule has 0 amide bonds. The quantitative estimate of drug-likeness (QED) is 0.381. The van der Waals surface area contributed by atoms with E-state index in [2.05, 4.69) is 15.3 Å². The zero-order valence-electron chi connectivity index (χ0n) is 20.1. The third kappa shape index (κ3) is 5.53. The van der Waals surface area contributed by atoms with Crippen LogP contribution in [0, 0.1) is 12.3 Å². The molecule has 1 heterocycles. The Labute approximate surface area is 201 Å². The molecule has 1 saturated carbocycles. The number of fused-ring (bicyclic) bond motifs is 1. The summed E-state index contributed by atoms with van der Waals surface area (Å²) in [5, 5.41) is 3.89. The summed E-state index contributed by atoms with van der Waals surface area (Å²) < 4.78 is 56.9. The predicted molar refractivity (Wildman–Crippen MR) is 128 cm³/mol. The molecule has 35 heavy (non-hydrogen) atoms. The number of nitrogens with one attached hydrogen (secondary N) is 1. The Morgan fingerprint density at radius 3 is 2.43 bits per heavy atom. The van der Waals surface area contributed by atoms with Gasteiger partial charge in [-0.15, -0.1) is 0 Å². The van der Waals surface area contributed by atoms with Crippen LogP contribution in [0.3, 0.4) is 0 Å². The van der Waals surface area contributed by atoms with Crippen molar-refractivity contribution in [1.29, 1.82) is 0 Å². The molecule has 1 fully saturated rings. The van der Waals surface area contributed by atoms with Crippen LogP contribution in [0.15, 0.2) is 30.3 Å². The van der Waals surface area contributed by atoms with Crippen molar-refractivity contribution in [2.45, 2.75) is 38.9 Å². The number of aryl methyl sites for hydroxylation is 1. The standard InChI is InChI=1S/C25H29F3N4O3/c1-14(16-7-17(25(26,27)28)9-18(29)8-16)30-23-19-10-22(35-13-24(5-6-24)12-33-3)21(34-4)11-20(19)31-15(2)32-23/h7-11,14H,5-6,12-13,29H2,1-4H3,(H,30,31,32). The van der Waals surface area contributed by atoms with Gasteiger partial charge < -0.3 is 25.3 Å². The van der Waals surface area contributed by atoms with Gasteiger partial charge in [-0.25, -0.2) is 9.97 Å². The molecule has 0 bridgehead atoms. The minimum Gasteiger partial charge on any atom is -0.493 e. The first-order valence-electron chi connectivity index (χ1n) is 11.3. The molecule has 0 spiro atoms. The molecule has 0 saturated heterocycles. The molecule has 2 aromatic carbocycles. The molecule has 0 aliphatic heterocycles. The van der Waals surface area contributed by atoms with Gasteiger partial charge in [-0.05, 0) is 56.5 Å². The second-order valence-electron chi connectivity index (χ2n) is 9.11. The van der Waals surface area contributed by atoms with Crippen LogP contribution in [0.4, 0.5) is 24.7 Å². The molecule has 1 unspecified atom stereocenters. The lowest BCUT2D eigenvalue weighted by Crippen LogP contribution is -2.18. The minimum atomic E-state index is -4.49. The Balaban J connectivity index is 1.67. The average molecular weight is 491 g/mol. The lowest BCUT2D eigenvalue weighted by Gasteiger charge is -2.20. The van der Waals surface area contributed by atoms with Crippen LogP contribution >= 0.6 is 0 Å². The predicted octanol–water partition coefficient (Wildman–Crippen LogP) is 5.53. The first kappa shape index (κ1) is 24.8. The van der Waals surface area contributed by atoms with Crippen LogP contribution in [-0.2, 0) is 10.9 Å². The molecule has 1 atom stereocenters. The summed E-state index contributed by atoms with van der Waals surface area (Å²) in [7, 11) is 3.23. The van der Waals surface area contributed by atoms with E-state index in [1.165, 1.54) is 6.07 Å². The molecule has 10 heteroatoms. The molecular weight excluding hydrogens is 461 g/mol. The van der Waals surface area contributed by atoms with E-state index in [1.54, 1.807) is 40.2 Å². The summed E-state index contributed by atoms with van der Waals surface area (Å²) in [5.41, 5.74) is 6.02. The number of hydrogen-bond acceptors (Lipinski definition) is 7. The van der Waals surface area contributed by atoms with Crippen molar-refractivity contribution < 1.29 is 27.4 Å². The number of methoxy groups -OCH3 is 2. The van der Waals surface area contributed by atoms with E-state index in [1.807, 2.05) is 0 Å². The fourth-order valence-corrected chi connectivity index (χ4v) is 4.06. The van der Waals surface area contributed by atoms with E-state index in [-0.39, 0.29) is 11.1 Å². The van der Waals surface area contributed by atoms with Crippen molar-refractivity contribution in [3.8, 4) is 11.5 Å². The Kier molecular flexibility index (Phi) is 6.68. The summed E-state index contributed by atoms with van der Waals surface area (Å²) in [6, 6.07) is 6.59. The molecule has 1 aliphatic rings. The van der Waals surface area contributed by atoms with E-state index in [9.17, 15) is 13.2 Å². The number of anilines is 2. The van der Waals surface area contributed by atoms with Crippen LogP contribution in [0.1, 0.15) is 42.8 Å². The highest BCUT2D eigenvalue weighted by Gasteiger charge is 2.43. The number of ether oxygens (including phenoxy) is 3. The highest BCUT2D eigenvalue weighted by Crippen LogP contribution is 2.47. The second kappa shape index (κ2) is 9.41. The van der Waals surface area contributed by atoms with Gasteiger partial charge in [0.1, 0.15) is 11.6 Å². The zero-order chi connectivity index (χ0) is 25.4. The smallest absolute Gasteiger partial charge is 0.416 e.